The first kappa shape index (κ1) is 15.5. The van der Waals surface area contributed by atoms with Gasteiger partial charge in [0.25, 0.3) is 0 Å². The third-order valence-electron chi connectivity index (χ3n) is 2.36. The lowest BCUT2D eigenvalue weighted by Gasteiger charge is -2.05. The molecular weight excluding hydrogens is 308 g/mol. The molecule has 8 heteroatoms. The molecule has 0 radical (unpaired) electrons. The van der Waals surface area contributed by atoms with E-state index in [0.29, 0.717) is 11.7 Å². The molecule has 0 aliphatic carbocycles. The molecule has 0 saturated heterocycles. The molecule has 2 rings (SSSR count). The van der Waals surface area contributed by atoms with Crippen molar-refractivity contribution in [3.8, 4) is 0 Å². The Hall–Kier alpha value is -1.93. The lowest BCUT2D eigenvalue weighted by atomic mass is 10.3. The third kappa shape index (κ3) is 5.92. The van der Waals surface area contributed by atoms with Crippen LogP contribution in [0.15, 0.2) is 41.1 Å². The van der Waals surface area contributed by atoms with Gasteiger partial charge in [-0.05, 0) is 23.9 Å². The van der Waals surface area contributed by atoms with Crippen molar-refractivity contribution in [3.63, 3.8) is 0 Å². The van der Waals surface area contributed by atoms with Gasteiger partial charge in [-0.1, -0.05) is 17.8 Å². The highest BCUT2D eigenvalue weighted by Crippen LogP contribution is 2.10. The second-order valence-corrected chi connectivity index (χ2v) is 5.93. The number of hydrogen-bond donors (Lipinski definition) is 2. The topological polar surface area (TPSA) is 84.0 Å². The Morgan fingerprint density at radius 1 is 1.24 bits per heavy atom. The SMILES string of the molecule is O=C(CSc1ncccn1)NC(=O)NCCc1cccs1. The van der Waals surface area contributed by atoms with Crippen molar-refractivity contribution in [2.75, 3.05) is 12.3 Å². The van der Waals surface area contributed by atoms with Crippen molar-refractivity contribution in [2.45, 2.75) is 11.6 Å². The minimum absolute atomic E-state index is 0.0996. The number of hydrogen-bond acceptors (Lipinski definition) is 6. The lowest BCUT2D eigenvalue weighted by Crippen LogP contribution is -2.41. The van der Waals surface area contributed by atoms with Crippen LogP contribution in [0.4, 0.5) is 4.79 Å². The number of carbonyl (C=O) groups excluding carboxylic acids is 2. The minimum Gasteiger partial charge on any atom is -0.337 e. The van der Waals surface area contributed by atoms with Gasteiger partial charge in [-0.15, -0.1) is 11.3 Å². The molecule has 0 aromatic carbocycles. The smallest absolute Gasteiger partial charge is 0.321 e. The first-order chi connectivity index (χ1) is 10.2. The van der Waals surface area contributed by atoms with Crippen LogP contribution in [-0.4, -0.2) is 34.2 Å². The number of nitrogens with zero attached hydrogens (tertiary/aromatic N) is 2. The summed E-state index contributed by atoms with van der Waals surface area (Å²) in [5, 5.41) is 7.41. The van der Waals surface area contributed by atoms with E-state index in [2.05, 4.69) is 20.6 Å². The molecule has 0 atom stereocenters. The van der Waals surface area contributed by atoms with E-state index >= 15 is 0 Å². The van der Waals surface area contributed by atoms with Crippen molar-refractivity contribution < 1.29 is 9.59 Å². The van der Waals surface area contributed by atoms with Crippen molar-refractivity contribution >= 4 is 35.0 Å². The van der Waals surface area contributed by atoms with Crippen LogP contribution < -0.4 is 10.6 Å². The predicted molar refractivity (Wildman–Crippen MR) is 82.3 cm³/mol. The summed E-state index contributed by atoms with van der Waals surface area (Å²) in [4.78, 5) is 32.2. The predicted octanol–water partition coefficient (Wildman–Crippen LogP) is 1.70. The zero-order valence-electron chi connectivity index (χ0n) is 11.1. The van der Waals surface area contributed by atoms with Crippen molar-refractivity contribution in [2.24, 2.45) is 0 Å². The second kappa shape index (κ2) is 8.38. The highest BCUT2D eigenvalue weighted by molar-refractivity contribution is 7.99. The van der Waals surface area contributed by atoms with Gasteiger partial charge in [0.2, 0.25) is 5.91 Å². The Morgan fingerprint density at radius 3 is 2.76 bits per heavy atom. The largest absolute Gasteiger partial charge is 0.337 e. The summed E-state index contributed by atoms with van der Waals surface area (Å²) in [6.45, 7) is 0.495. The van der Waals surface area contributed by atoms with Crippen LogP contribution in [0.5, 0.6) is 0 Å². The number of nitrogens with one attached hydrogen (secondary N) is 2. The molecule has 0 aliphatic rings. The molecule has 2 aromatic rings. The Kier molecular flexibility index (Phi) is 6.17. The Bertz CT molecular complexity index is 575. The van der Waals surface area contributed by atoms with Gasteiger partial charge in [0, 0.05) is 23.8 Å². The molecule has 3 amide bonds. The van der Waals surface area contributed by atoms with Gasteiger partial charge in [-0.3, -0.25) is 10.1 Å². The zero-order chi connectivity index (χ0) is 14.9. The average Bonchev–Trinajstić information content (AvgIpc) is 2.99. The Labute approximate surface area is 130 Å². The van der Waals surface area contributed by atoms with Gasteiger partial charge in [0.1, 0.15) is 0 Å². The molecule has 0 saturated carbocycles. The Morgan fingerprint density at radius 2 is 2.05 bits per heavy atom. The summed E-state index contributed by atoms with van der Waals surface area (Å²) < 4.78 is 0. The molecule has 21 heavy (non-hydrogen) atoms. The third-order valence-corrected chi connectivity index (χ3v) is 4.18. The number of imide groups is 1. The first-order valence-electron chi connectivity index (χ1n) is 6.24. The number of aromatic nitrogens is 2. The molecule has 0 aliphatic heterocycles. The van der Waals surface area contributed by atoms with Crippen LogP contribution in [0.25, 0.3) is 0 Å². The minimum atomic E-state index is -0.480. The van der Waals surface area contributed by atoms with Crippen LogP contribution in [0.1, 0.15) is 4.88 Å². The molecule has 0 bridgehead atoms. The summed E-state index contributed by atoms with van der Waals surface area (Å²) in [5.41, 5.74) is 0. The molecule has 2 aromatic heterocycles. The molecule has 6 nitrogen and oxygen atoms in total. The second-order valence-electron chi connectivity index (χ2n) is 3.95. The summed E-state index contributed by atoms with van der Waals surface area (Å²) in [6.07, 6.45) is 3.96. The normalized spacial score (nSPS) is 10.1. The molecule has 0 fully saturated rings. The van der Waals surface area contributed by atoms with Crippen molar-refractivity contribution in [1.82, 2.24) is 20.6 Å². The highest BCUT2D eigenvalue weighted by atomic mass is 32.2. The number of thioether (sulfide) groups is 1. The van der Waals surface area contributed by atoms with Crippen molar-refractivity contribution in [1.29, 1.82) is 0 Å². The molecule has 0 spiro atoms. The van der Waals surface area contributed by atoms with E-state index in [4.69, 9.17) is 0 Å². The fraction of sp³-hybridized carbons (Fsp3) is 0.231. The van der Waals surface area contributed by atoms with Crippen LogP contribution >= 0.6 is 23.1 Å². The monoisotopic (exact) mass is 322 g/mol. The maximum atomic E-state index is 11.6. The standard InChI is InChI=1S/C13H14N4O2S2/c18-11(9-21-13-15-5-2-6-16-13)17-12(19)14-7-4-10-3-1-8-20-10/h1-3,5-6,8H,4,7,9H2,(H2,14,17,18,19). The first-order valence-corrected chi connectivity index (χ1v) is 8.10. The van der Waals surface area contributed by atoms with E-state index in [1.165, 1.54) is 16.6 Å². The van der Waals surface area contributed by atoms with Gasteiger partial charge in [-0.2, -0.15) is 0 Å². The number of thiophene rings is 1. The summed E-state index contributed by atoms with van der Waals surface area (Å²) in [6, 6.07) is 5.19. The molecule has 0 unspecified atom stereocenters. The molecule has 2 heterocycles. The summed E-state index contributed by atoms with van der Waals surface area (Å²) in [5.74, 6) is -0.274. The average molecular weight is 322 g/mol. The summed E-state index contributed by atoms with van der Waals surface area (Å²) in [7, 11) is 0. The van der Waals surface area contributed by atoms with E-state index in [1.807, 2.05) is 17.5 Å². The fourth-order valence-corrected chi connectivity index (χ4v) is 2.76. The van der Waals surface area contributed by atoms with Gasteiger partial charge >= 0.3 is 6.03 Å². The van der Waals surface area contributed by atoms with Crippen molar-refractivity contribution in [3.05, 3.63) is 40.8 Å². The summed E-state index contributed by atoms with van der Waals surface area (Å²) >= 11 is 2.82. The van der Waals surface area contributed by atoms with Crippen LogP contribution in [0.2, 0.25) is 0 Å². The van der Waals surface area contributed by atoms with Gasteiger partial charge in [0.05, 0.1) is 5.75 Å². The number of amides is 3. The van der Waals surface area contributed by atoms with E-state index in [-0.39, 0.29) is 11.7 Å². The lowest BCUT2D eigenvalue weighted by molar-refractivity contribution is -0.117. The van der Waals surface area contributed by atoms with E-state index in [0.717, 1.165) is 6.42 Å². The number of carbonyl (C=O) groups is 2. The maximum absolute atomic E-state index is 11.6. The van der Waals surface area contributed by atoms with E-state index in [9.17, 15) is 9.59 Å². The highest BCUT2D eigenvalue weighted by Gasteiger charge is 2.08. The number of rotatable bonds is 6. The van der Waals surface area contributed by atoms with E-state index < -0.39 is 6.03 Å². The number of urea groups is 1. The Balaban J connectivity index is 1.62. The molecule has 2 N–H and O–H groups in total. The van der Waals surface area contributed by atoms with E-state index in [1.54, 1.807) is 29.8 Å². The van der Waals surface area contributed by atoms with Gasteiger partial charge in [0.15, 0.2) is 5.16 Å². The van der Waals surface area contributed by atoms with Crippen LogP contribution in [0.3, 0.4) is 0 Å². The fourth-order valence-electron chi connectivity index (χ4n) is 1.45. The molecule has 110 valence electrons. The van der Waals surface area contributed by atoms with Gasteiger partial charge in [-0.25, -0.2) is 14.8 Å². The maximum Gasteiger partial charge on any atom is 0.321 e. The van der Waals surface area contributed by atoms with Gasteiger partial charge < -0.3 is 5.32 Å². The molecular formula is C13H14N4O2S2. The van der Waals surface area contributed by atoms with Crippen LogP contribution in [-0.2, 0) is 11.2 Å². The quantitative estimate of drug-likeness (QED) is 0.625. The van der Waals surface area contributed by atoms with Crippen LogP contribution in [0, 0.1) is 0 Å². The zero-order valence-corrected chi connectivity index (χ0v) is 12.7.